The monoisotopic (exact) mass is 440 g/mol. The van der Waals surface area contributed by atoms with Crippen LogP contribution in [0.25, 0.3) is 10.9 Å². The molecule has 0 spiro atoms. The quantitative estimate of drug-likeness (QED) is 0.465. The Bertz CT molecular complexity index is 1290. The van der Waals surface area contributed by atoms with Crippen molar-refractivity contribution in [3.8, 4) is 0 Å². The number of hydrogen-bond acceptors (Lipinski definition) is 3. The summed E-state index contributed by atoms with van der Waals surface area (Å²) in [6.45, 7) is 0.648. The summed E-state index contributed by atoms with van der Waals surface area (Å²) in [5.74, 6) is 0.251. The molecule has 0 atom stereocenters. The largest absolute Gasteiger partial charge is 0.481 e. The number of ketones is 1. The lowest BCUT2D eigenvalue weighted by Gasteiger charge is -2.72. The number of nitrogens with zero attached hydrogens (tertiary/aromatic N) is 2. The zero-order valence-electron chi connectivity index (χ0n) is 18.7. The number of carboxylic acid groups (broad SMARTS) is 1. The van der Waals surface area contributed by atoms with Crippen molar-refractivity contribution in [1.29, 1.82) is 0 Å². The first-order valence-electron chi connectivity index (χ1n) is 12.2. The third kappa shape index (κ3) is 2.74. The van der Waals surface area contributed by atoms with Crippen molar-refractivity contribution in [3.05, 3.63) is 65.6 Å². The van der Waals surface area contributed by atoms with Gasteiger partial charge in [0.1, 0.15) is 0 Å². The van der Waals surface area contributed by atoms with Crippen LogP contribution < -0.4 is 0 Å². The standard InChI is InChI=1S/C28H28N2O3/c31-23(12-27(9-10-27)28-15-26(16-28,17-28)25(32)33)22-3-1-2-19-8-11-30(24(19)22)14-21-7-6-20(13-29-21)18-4-5-18/h1-3,6-8,11,13,18H,4-5,9-10,12,14-17H2,(H,32,33). The maximum Gasteiger partial charge on any atom is 0.309 e. The Kier molecular flexibility index (Phi) is 3.75. The molecule has 5 nitrogen and oxygen atoms in total. The molecule has 168 valence electrons. The summed E-state index contributed by atoms with van der Waals surface area (Å²) in [5.41, 5.74) is 3.77. The highest BCUT2D eigenvalue weighted by molar-refractivity contribution is 6.07. The first kappa shape index (κ1) is 19.5. The minimum Gasteiger partial charge on any atom is -0.481 e. The van der Waals surface area contributed by atoms with Crippen LogP contribution in [-0.2, 0) is 11.3 Å². The fraction of sp³-hybridized carbons (Fsp3) is 0.464. The van der Waals surface area contributed by atoms with E-state index in [-0.39, 0.29) is 16.6 Å². The van der Waals surface area contributed by atoms with Gasteiger partial charge in [-0.2, -0.15) is 0 Å². The molecule has 5 aliphatic rings. The van der Waals surface area contributed by atoms with Crippen molar-refractivity contribution in [2.45, 2.75) is 63.8 Å². The molecule has 5 aliphatic carbocycles. The summed E-state index contributed by atoms with van der Waals surface area (Å²) >= 11 is 0. The second-order valence-corrected chi connectivity index (χ2v) is 11.3. The first-order valence-corrected chi connectivity index (χ1v) is 12.2. The fourth-order valence-corrected chi connectivity index (χ4v) is 7.01. The van der Waals surface area contributed by atoms with Crippen LogP contribution in [0.4, 0.5) is 0 Å². The average molecular weight is 441 g/mol. The summed E-state index contributed by atoms with van der Waals surface area (Å²) in [5, 5.41) is 10.6. The van der Waals surface area contributed by atoms with Crippen molar-refractivity contribution >= 4 is 22.7 Å². The Morgan fingerprint density at radius 3 is 2.48 bits per heavy atom. The lowest BCUT2D eigenvalue weighted by atomic mass is 9.30. The van der Waals surface area contributed by atoms with Gasteiger partial charge in [-0.1, -0.05) is 18.2 Å². The zero-order chi connectivity index (χ0) is 22.4. The summed E-state index contributed by atoms with van der Waals surface area (Å²) in [4.78, 5) is 29.9. The molecule has 5 fully saturated rings. The number of hydrogen-bond donors (Lipinski definition) is 1. The number of aromatic nitrogens is 2. The number of fused-ring (bicyclic) bond motifs is 1. The predicted octanol–water partition coefficient (Wildman–Crippen LogP) is 5.57. The summed E-state index contributed by atoms with van der Waals surface area (Å²) < 4.78 is 2.15. The van der Waals surface area contributed by atoms with E-state index in [1.54, 1.807) is 0 Å². The molecule has 33 heavy (non-hydrogen) atoms. The molecular formula is C28H28N2O3. The summed E-state index contributed by atoms with van der Waals surface area (Å²) in [7, 11) is 0. The van der Waals surface area contributed by atoms with Gasteiger partial charge in [0.15, 0.2) is 5.78 Å². The molecule has 5 heteroatoms. The number of rotatable bonds is 8. The van der Waals surface area contributed by atoms with Crippen molar-refractivity contribution in [2.75, 3.05) is 0 Å². The van der Waals surface area contributed by atoms with E-state index in [9.17, 15) is 14.7 Å². The molecule has 0 aliphatic heterocycles. The van der Waals surface area contributed by atoms with E-state index in [1.165, 1.54) is 18.4 Å². The second-order valence-electron chi connectivity index (χ2n) is 11.3. The molecule has 2 heterocycles. The number of pyridine rings is 1. The highest BCUT2D eigenvalue weighted by Crippen LogP contribution is 2.85. The molecule has 0 saturated heterocycles. The van der Waals surface area contributed by atoms with Gasteiger partial charge in [0.2, 0.25) is 0 Å². The summed E-state index contributed by atoms with van der Waals surface area (Å²) in [6, 6.07) is 12.4. The predicted molar refractivity (Wildman–Crippen MR) is 124 cm³/mol. The van der Waals surface area contributed by atoms with E-state index in [0.29, 0.717) is 18.9 Å². The van der Waals surface area contributed by atoms with Crippen LogP contribution in [0, 0.1) is 16.2 Å². The minimum absolute atomic E-state index is 0.0288. The third-order valence-electron chi connectivity index (χ3n) is 9.28. The third-order valence-corrected chi connectivity index (χ3v) is 9.28. The molecule has 2 aromatic heterocycles. The number of para-hydroxylation sites is 1. The Hall–Kier alpha value is -2.95. The lowest BCUT2D eigenvalue weighted by molar-refractivity contribution is -0.248. The first-order chi connectivity index (χ1) is 15.9. The van der Waals surface area contributed by atoms with Crippen molar-refractivity contribution in [2.24, 2.45) is 16.2 Å². The van der Waals surface area contributed by atoms with Gasteiger partial charge in [0.05, 0.1) is 23.2 Å². The van der Waals surface area contributed by atoms with Crippen molar-refractivity contribution in [1.82, 2.24) is 9.55 Å². The molecule has 3 aromatic rings. The normalized spacial score (nSPS) is 28.7. The maximum atomic E-state index is 13.6. The van der Waals surface area contributed by atoms with Crippen LogP contribution in [0.1, 0.15) is 78.9 Å². The van der Waals surface area contributed by atoms with Crippen LogP contribution in [0.2, 0.25) is 0 Å². The lowest BCUT2D eigenvalue weighted by Crippen LogP contribution is -2.69. The number of benzene rings is 1. The second kappa shape index (κ2) is 6.34. The molecule has 5 saturated carbocycles. The Morgan fingerprint density at radius 1 is 1.06 bits per heavy atom. The number of carbonyl (C=O) groups is 2. The molecule has 0 amide bonds. The van der Waals surface area contributed by atoms with E-state index in [0.717, 1.165) is 54.3 Å². The molecule has 1 aromatic carbocycles. The molecule has 0 radical (unpaired) electrons. The highest BCUT2D eigenvalue weighted by atomic mass is 16.4. The number of carboxylic acids is 1. The van der Waals surface area contributed by atoms with E-state index in [4.69, 9.17) is 0 Å². The number of Topliss-reactive ketones (excluding diaryl/α,β-unsaturated/α-hetero) is 1. The van der Waals surface area contributed by atoms with Crippen LogP contribution >= 0.6 is 0 Å². The molecule has 1 N–H and O–H groups in total. The van der Waals surface area contributed by atoms with Gasteiger partial charge in [-0.05, 0) is 85.5 Å². The van der Waals surface area contributed by atoms with Crippen LogP contribution in [0.3, 0.4) is 0 Å². The van der Waals surface area contributed by atoms with Crippen molar-refractivity contribution in [3.63, 3.8) is 0 Å². The number of carbonyl (C=O) groups excluding carboxylic acids is 1. The van der Waals surface area contributed by atoms with Gasteiger partial charge >= 0.3 is 5.97 Å². The molecule has 0 unspecified atom stereocenters. The fourth-order valence-electron chi connectivity index (χ4n) is 7.01. The Morgan fingerprint density at radius 2 is 1.85 bits per heavy atom. The molecule has 2 bridgehead atoms. The van der Waals surface area contributed by atoms with Crippen LogP contribution in [-0.4, -0.2) is 26.4 Å². The van der Waals surface area contributed by atoms with E-state index in [2.05, 4.69) is 40.0 Å². The average Bonchev–Trinajstić information content (AvgIpc) is 3.66. The highest BCUT2D eigenvalue weighted by Gasteiger charge is 2.80. The van der Waals surface area contributed by atoms with Gasteiger partial charge in [0, 0.05) is 29.8 Å². The van der Waals surface area contributed by atoms with Crippen LogP contribution in [0.5, 0.6) is 0 Å². The van der Waals surface area contributed by atoms with E-state index in [1.807, 2.05) is 18.3 Å². The van der Waals surface area contributed by atoms with Gasteiger partial charge < -0.3 is 9.67 Å². The molecular weight excluding hydrogens is 412 g/mol. The topological polar surface area (TPSA) is 72.2 Å². The van der Waals surface area contributed by atoms with Gasteiger partial charge in [-0.15, -0.1) is 0 Å². The van der Waals surface area contributed by atoms with E-state index >= 15 is 0 Å². The minimum atomic E-state index is -0.645. The smallest absolute Gasteiger partial charge is 0.309 e. The molecule has 8 rings (SSSR count). The van der Waals surface area contributed by atoms with E-state index < -0.39 is 11.4 Å². The van der Waals surface area contributed by atoms with Crippen molar-refractivity contribution < 1.29 is 14.7 Å². The maximum absolute atomic E-state index is 13.6. The van der Waals surface area contributed by atoms with Crippen LogP contribution in [0.15, 0.2) is 48.8 Å². The van der Waals surface area contributed by atoms with Gasteiger partial charge in [0.25, 0.3) is 0 Å². The SMILES string of the molecule is O=C(CC1(C23CC(C(=O)O)(C2)C3)CC1)c1cccc2ccn(Cc3ccc(C4CC4)cn3)c12. The Balaban J connectivity index is 1.14. The van der Waals surface area contributed by atoms with Gasteiger partial charge in [-0.25, -0.2) is 0 Å². The number of aliphatic carboxylic acids is 1. The summed E-state index contributed by atoms with van der Waals surface area (Å²) in [6.07, 6.45) is 11.6. The zero-order valence-corrected chi connectivity index (χ0v) is 18.7. The van der Waals surface area contributed by atoms with Gasteiger partial charge in [-0.3, -0.25) is 14.6 Å². The Labute approximate surface area is 192 Å².